The second-order valence-corrected chi connectivity index (χ2v) is 7.38. The van der Waals surface area contributed by atoms with Gasteiger partial charge in [-0.05, 0) is 49.2 Å². The first-order valence-corrected chi connectivity index (χ1v) is 10.0. The highest BCUT2D eigenvalue weighted by atomic mass is 19.1. The van der Waals surface area contributed by atoms with Crippen LogP contribution in [0, 0.1) is 17.6 Å². The summed E-state index contributed by atoms with van der Waals surface area (Å²) in [5.41, 5.74) is 1.52. The predicted octanol–water partition coefficient (Wildman–Crippen LogP) is 4.29. The topological polar surface area (TPSA) is 67.3 Å². The van der Waals surface area contributed by atoms with Crippen molar-refractivity contribution >= 4 is 17.4 Å². The van der Waals surface area contributed by atoms with Gasteiger partial charge in [-0.3, -0.25) is 4.79 Å². The molecule has 1 saturated heterocycles. The lowest BCUT2D eigenvalue weighted by molar-refractivity contribution is -0.120. The van der Waals surface area contributed by atoms with Gasteiger partial charge in [0.25, 0.3) is 0 Å². The number of rotatable bonds is 5. The molecule has 0 aliphatic carbocycles. The van der Waals surface area contributed by atoms with Crippen LogP contribution in [0.5, 0.6) is 5.75 Å². The Morgan fingerprint density at radius 2 is 1.97 bits per heavy atom. The number of nitrogens with zero attached hydrogens (tertiary/aromatic N) is 3. The van der Waals surface area contributed by atoms with Crippen molar-refractivity contribution in [1.29, 1.82) is 0 Å². The number of hydrogen-bond acceptors (Lipinski definition) is 5. The molecule has 1 N–H and O–H groups in total. The van der Waals surface area contributed by atoms with Crippen LogP contribution < -0.4 is 15.0 Å². The molecule has 31 heavy (non-hydrogen) atoms. The molecule has 1 aliphatic heterocycles. The van der Waals surface area contributed by atoms with Gasteiger partial charge in [0.1, 0.15) is 17.4 Å². The maximum absolute atomic E-state index is 13.9. The van der Waals surface area contributed by atoms with Crippen LogP contribution in [0.25, 0.3) is 11.3 Å². The van der Waals surface area contributed by atoms with Gasteiger partial charge in [-0.25, -0.2) is 8.78 Å². The normalized spacial score (nSPS) is 16.1. The predicted molar refractivity (Wildman–Crippen MR) is 114 cm³/mol. The number of nitrogens with one attached hydrogen (secondary N) is 1. The molecular formula is C23H22F2N4O2. The number of halogens is 2. The SMILES string of the molecule is COc1ccccc1-c1ccc(N2CCCC(C(=O)Nc3ccc(F)cc3F)C2)nn1. The number of amides is 1. The summed E-state index contributed by atoms with van der Waals surface area (Å²) in [7, 11) is 1.61. The summed E-state index contributed by atoms with van der Waals surface area (Å²) in [5, 5.41) is 11.2. The highest BCUT2D eigenvalue weighted by Crippen LogP contribution is 2.29. The van der Waals surface area contributed by atoms with Crippen molar-refractivity contribution < 1.29 is 18.3 Å². The Morgan fingerprint density at radius 1 is 1.13 bits per heavy atom. The first-order chi connectivity index (χ1) is 15.0. The van der Waals surface area contributed by atoms with E-state index in [0.717, 1.165) is 30.7 Å². The summed E-state index contributed by atoms with van der Waals surface area (Å²) in [6.45, 7) is 1.19. The van der Waals surface area contributed by atoms with E-state index >= 15 is 0 Å². The fourth-order valence-electron chi connectivity index (χ4n) is 3.72. The fraction of sp³-hybridized carbons (Fsp3) is 0.261. The van der Waals surface area contributed by atoms with E-state index in [1.165, 1.54) is 6.07 Å². The molecular weight excluding hydrogens is 402 g/mol. The van der Waals surface area contributed by atoms with Gasteiger partial charge >= 0.3 is 0 Å². The third-order valence-corrected chi connectivity index (χ3v) is 5.34. The summed E-state index contributed by atoms with van der Waals surface area (Å²) in [5.74, 6) is -0.729. The average molecular weight is 424 g/mol. The first-order valence-electron chi connectivity index (χ1n) is 10.0. The molecule has 2 heterocycles. The number of anilines is 2. The Bertz CT molecular complexity index is 1080. The van der Waals surface area contributed by atoms with Crippen LogP contribution in [-0.4, -0.2) is 36.3 Å². The number of para-hydroxylation sites is 1. The Kier molecular flexibility index (Phi) is 6.06. The van der Waals surface area contributed by atoms with Crippen LogP contribution in [-0.2, 0) is 4.79 Å². The molecule has 1 fully saturated rings. The average Bonchev–Trinajstić information content (AvgIpc) is 2.81. The van der Waals surface area contributed by atoms with E-state index in [-0.39, 0.29) is 17.5 Å². The summed E-state index contributed by atoms with van der Waals surface area (Å²) in [6, 6.07) is 14.4. The number of carbonyl (C=O) groups excluding carboxylic acids is 1. The molecule has 160 valence electrons. The van der Waals surface area contributed by atoms with E-state index in [1.54, 1.807) is 7.11 Å². The van der Waals surface area contributed by atoms with Gasteiger partial charge in [-0.2, -0.15) is 0 Å². The number of methoxy groups -OCH3 is 1. The molecule has 0 bridgehead atoms. The van der Waals surface area contributed by atoms with Crippen molar-refractivity contribution in [3.05, 3.63) is 66.2 Å². The number of ether oxygens (including phenoxy) is 1. The lowest BCUT2D eigenvalue weighted by atomic mass is 9.97. The second-order valence-electron chi connectivity index (χ2n) is 7.38. The van der Waals surface area contributed by atoms with Crippen molar-refractivity contribution in [2.24, 2.45) is 5.92 Å². The van der Waals surface area contributed by atoms with Gasteiger partial charge in [-0.15, -0.1) is 10.2 Å². The number of aromatic nitrogens is 2. The smallest absolute Gasteiger partial charge is 0.229 e. The van der Waals surface area contributed by atoms with Crippen molar-refractivity contribution in [1.82, 2.24) is 10.2 Å². The van der Waals surface area contributed by atoms with E-state index in [1.807, 2.05) is 41.3 Å². The number of carbonyl (C=O) groups is 1. The zero-order valence-electron chi connectivity index (χ0n) is 17.0. The molecule has 8 heteroatoms. The minimum atomic E-state index is -0.793. The van der Waals surface area contributed by atoms with E-state index in [2.05, 4.69) is 15.5 Å². The second kappa shape index (κ2) is 9.07. The quantitative estimate of drug-likeness (QED) is 0.662. The largest absolute Gasteiger partial charge is 0.496 e. The fourth-order valence-corrected chi connectivity index (χ4v) is 3.72. The Morgan fingerprint density at radius 3 is 2.71 bits per heavy atom. The summed E-state index contributed by atoms with van der Waals surface area (Å²) in [6.07, 6.45) is 1.47. The third kappa shape index (κ3) is 4.63. The minimum Gasteiger partial charge on any atom is -0.496 e. The van der Waals surface area contributed by atoms with Crippen LogP contribution in [0.3, 0.4) is 0 Å². The van der Waals surface area contributed by atoms with Crippen molar-refractivity contribution in [2.75, 3.05) is 30.4 Å². The summed E-state index contributed by atoms with van der Waals surface area (Å²) < 4.78 is 32.3. The van der Waals surface area contributed by atoms with Gasteiger partial charge in [0.15, 0.2) is 5.82 Å². The Hall–Kier alpha value is -3.55. The highest BCUT2D eigenvalue weighted by molar-refractivity contribution is 5.93. The molecule has 1 atom stereocenters. The van der Waals surface area contributed by atoms with Crippen molar-refractivity contribution in [2.45, 2.75) is 12.8 Å². The van der Waals surface area contributed by atoms with Crippen LogP contribution >= 0.6 is 0 Å². The maximum atomic E-state index is 13.9. The number of hydrogen-bond donors (Lipinski definition) is 1. The van der Waals surface area contributed by atoms with E-state index < -0.39 is 11.6 Å². The molecule has 3 aromatic rings. The molecule has 0 spiro atoms. The zero-order chi connectivity index (χ0) is 21.8. The maximum Gasteiger partial charge on any atom is 0.229 e. The minimum absolute atomic E-state index is 0.0236. The molecule has 0 saturated carbocycles. The van der Waals surface area contributed by atoms with Gasteiger partial charge in [0.2, 0.25) is 5.91 Å². The van der Waals surface area contributed by atoms with Crippen LogP contribution in [0.15, 0.2) is 54.6 Å². The molecule has 6 nitrogen and oxygen atoms in total. The van der Waals surface area contributed by atoms with Crippen LogP contribution in [0.2, 0.25) is 0 Å². The van der Waals surface area contributed by atoms with E-state index in [4.69, 9.17) is 4.74 Å². The third-order valence-electron chi connectivity index (χ3n) is 5.34. The summed E-state index contributed by atoms with van der Waals surface area (Å²) >= 11 is 0. The Balaban J connectivity index is 1.45. The van der Waals surface area contributed by atoms with Crippen molar-refractivity contribution in [3.63, 3.8) is 0 Å². The van der Waals surface area contributed by atoms with Gasteiger partial charge in [0.05, 0.1) is 24.4 Å². The molecule has 1 unspecified atom stereocenters. The highest BCUT2D eigenvalue weighted by Gasteiger charge is 2.27. The lowest BCUT2D eigenvalue weighted by Crippen LogP contribution is -2.41. The van der Waals surface area contributed by atoms with Crippen LogP contribution in [0.4, 0.5) is 20.3 Å². The monoisotopic (exact) mass is 424 g/mol. The van der Waals surface area contributed by atoms with Gasteiger partial charge in [0, 0.05) is 24.7 Å². The number of piperidine rings is 1. The zero-order valence-corrected chi connectivity index (χ0v) is 17.0. The van der Waals surface area contributed by atoms with Crippen molar-refractivity contribution in [3.8, 4) is 17.0 Å². The lowest BCUT2D eigenvalue weighted by Gasteiger charge is -2.32. The van der Waals surface area contributed by atoms with Crippen LogP contribution in [0.1, 0.15) is 12.8 Å². The molecule has 0 radical (unpaired) electrons. The standard InChI is InChI=1S/C23H22F2N4O2/c1-31-21-7-3-2-6-17(21)19-10-11-22(28-27-19)29-12-4-5-15(14-29)23(30)26-20-9-8-16(24)13-18(20)25/h2-3,6-11,13,15H,4-5,12,14H2,1H3,(H,26,30). The summed E-state index contributed by atoms with van der Waals surface area (Å²) in [4.78, 5) is 14.6. The Labute approximate surface area is 178 Å². The van der Waals surface area contributed by atoms with Gasteiger partial charge in [-0.1, -0.05) is 12.1 Å². The molecule has 4 rings (SSSR count). The first kappa shape index (κ1) is 20.7. The molecule has 2 aromatic carbocycles. The van der Waals surface area contributed by atoms with Gasteiger partial charge < -0.3 is 15.0 Å². The molecule has 1 aliphatic rings. The van der Waals surface area contributed by atoms with E-state index in [0.29, 0.717) is 30.2 Å². The number of benzene rings is 2. The van der Waals surface area contributed by atoms with E-state index in [9.17, 15) is 13.6 Å². The molecule has 1 aromatic heterocycles. The molecule has 1 amide bonds.